The van der Waals surface area contributed by atoms with Crippen molar-refractivity contribution in [1.82, 2.24) is 0 Å². The Hall–Kier alpha value is -2.17. The first-order valence-corrected chi connectivity index (χ1v) is 8.65. The van der Waals surface area contributed by atoms with Crippen LogP contribution < -0.4 is 0 Å². The van der Waals surface area contributed by atoms with Crippen molar-refractivity contribution < 1.29 is 14.3 Å². The predicted molar refractivity (Wildman–Crippen MR) is 97.2 cm³/mol. The third-order valence-electron chi connectivity index (χ3n) is 3.71. The van der Waals surface area contributed by atoms with Crippen molar-refractivity contribution in [2.24, 2.45) is 0 Å². The van der Waals surface area contributed by atoms with Gasteiger partial charge in [-0.05, 0) is 19.9 Å². The summed E-state index contributed by atoms with van der Waals surface area (Å²) < 4.78 is 6.24. The SMILES string of the molecule is Cc1ccc(C(=O)C(C)OC(=O)c2sc3ccccc3c2Cl)cc1. The zero-order valence-electron chi connectivity index (χ0n) is 13.2. The fourth-order valence-electron chi connectivity index (χ4n) is 2.37. The maximum absolute atomic E-state index is 12.4. The summed E-state index contributed by atoms with van der Waals surface area (Å²) in [5, 5.41) is 1.18. The summed E-state index contributed by atoms with van der Waals surface area (Å²) in [5.74, 6) is -0.810. The number of hydrogen-bond acceptors (Lipinski definition) is 4. The first-order chi connectivity index (χ1) is 11.5. The molecule has 0 aliphatic carbocycles. The number of thiophene rings is 1. The van der Waals surface area contributed by atoms with E-state index in [0.29, 0.717) is 15.5 Å². The number of carbonyl (C=O) groups excluding carboxylic acids is 2. The van der Waals surface area contributed by atoms with E-state index in [4.69, 9.17) is 16.3 Å². The highest BCUT2D eigenvalue weighted by atomic mass is 35.5. The van der Waals surface area contributed by atoms with Crippen molar-refractivity contribution >= 4 is 44.8 Å². The number of halogens is 1. The molecule has 0 radical (unpaired) electrons. The first kappa shape index (κ1) is 16.7. The van der Waals surface area contributed by atoms with Crippen molar-refractivity contribution in [3.05, 3.63) is 69.6 Å². The van der Waals surface area contributed by atoms with Crippen molar-refractivity contribution in [3.63, 3.8) is 0 Å². The van der Waals surface area contributed by atoms with Crippen molar-refractivity contribution in [1.29, 1.82) is 0 Å². The van der Waals surface area contributed by atoms with Gasteiger partial charge in [0.15, 0.2) is 6.10 Å². The molecule has 3 rings (SSSR count). The van der Waals surface area contributed by atoms with Gasteiger partial charge >= 0.3 is 5.97 Å². The molecule has 0 N–H and O–H groups in total. The van der Waals surface area contributed by atoms with Crippen molar-refractivity contribution in [2.45, 2.75) is 20.0 Å². The number of ketones is 1. The summed E-state index contributed by atoms with van der Waals surface area (Å²) in [6, 6.07) is 14.7. The van der Waals surface area contributed by atoms with E-state index in [2.05, 4.69) is 0 Å². The van der Waals surface area contributed by atoms with Crippen molar-refractivity contribution in [2.75, 3.05) is 0 Å². The van der Waals surface area contributed by atoms with Gasteiger partial charge in [-0.15, -0.1) is 11.3 Å². The van der Waals surface area contributed by atoms with Gasteiger partial charge in [0.25, 0.3) is 0 Å². The minimum atomic E-state index is -0.874. The summed E-state index contributed by atoms with van der Waals surface area (Å²) in [7, 11) is 0. The highest BCUT2D eigenvalue weighted by Crippen LogP contribution is 2.35. The van der Waals surface area contributed by atoms with Crippen LogP contribution >= 0.6 is 22.9 Å². The second-order valence-electron chi connectivity index (χ2n) is 5.52. The topological polar surface area (TPSA) is 43.4 Å². The Morgan fingerprint density at radius 1 is 1.08 bits per heavy atom. The fourth-order valence-corrected chi connectivity index (χ4v) is 3.76. The van der Waals surface area contributed by atoms with Crippen LogP contribution in [-0.2, 0) is 4.74 Å². The molecule has 3 aromatic rings. The Bertz CT molecular complexity index is 912. The Kier molecular flexibility index (Phi) is 4.69. The van der Waals surface area contributed by atoms with E-state index in [0.717, 1.165) is 15.6 Å². The molecule has 0 aliphatic heterocycles. The summed E-state index contributed by atoms with van der Waals surface area (Å²) in [4.78, 5) is 25.1. The van der Waals surface area contributed by atoms with Crippen LogP contribution in [0.4, 0.5) is 0 Å². The molecule has 1 unspecified atom stereocenters. The third kappa shape index (κ3) is 3.21. The molecule has 1 aromatic heterocycles. The average molecular weight is 359 g/mol. The Labute approximate surface area is 148 Å². The molecule has 0 fully saturated rings. The lowest BCUT2D eigenvalue weighted by molar-refractivity contribution is 0.0324. The summed E-state index contributed by atoms with van der Waals surface area (Å²) in [6.07, 6.45) is -0.874. The van der Waals surface area contributed by atoms with Crippen LogP contribution in [0.25, 0.3) is 10.1 Å². The monoisotopic (exact) mass is 358 g/mol. The lowest BCUT2D eigenvalue weighted by atomic mass is 10.1. The molecule has 0 aliphatic rings. The van der Waals surface area contributed by atoms with Gasteiger partial charge in [0.1, 0.15) is 4.88 Å². The van der Waals surface area contributed by atoms with Gasteiger partial charge in [-0.2, -0.15) is 0 Å². The number of esters is 1. The molecular formula is C19H15ClO3S. The third-order valence-corrected chi connectivity index (χ3v) is 5.36. The van der Waals surface area contributed by atoms with E-state index < -0.39 is 12.1 Å². The Morgan fingerprint density at radius 2 is 1.75 bits per heavy atom. The zero-order chi connectivity index (χ0) is 17.3. The normalized spacial score (nSPS) is 12.1. The van der Waals surface area contributed by atoms with Gasteiger partial charge in [0.05, 0.1) is 5.02 Å². The van der Waals surface area contributed by atoms with Crippen LogP contribution in [0, 0.1) is 6.92 Å². The van der Waals surface area contributed by atoms with Crippen LogP contribution in [0.1, 0.15) is 32.5 Å². The number of aryl methyl sites for hydroxylation is 1. The lowest BCUT2D eigenvalue weighted by Gasteiger charge is -2.12. The van der Waals surface area contributed by atoms with E-state index in [1.807, 2.05) is 43.3 Å². The maximum Gasteiger partial charge on any atom is 0.350 e. The van der Waals surface area contributed by atoms with Crippen LogP contribution in [0.15, 0.2) is 48.5 Å². The number of carbonyl (C=O) groups is 2. The van der Waals surface area contributed by atoms with Crippen LogP contribution in [0.2, 0.25) is 5.02 Å². The summed E-state index contributed by atoms with van der Waals surface area (Å²) in [6.45, 7) is 3.52. The van der Waals surface area contributed by atoms with Crippen molar-refractivity contribution in [3.8, 4) is 0 Å². The van der Waals surface area contributed by atoms with E-state index in [-0.39, 0.29) is 5.78 Å². The second-order valence-corrected chi connectivity index (χ2v) is 6.95. The van der Waals surface area contributed by atoms with Crippen LogP contribution in [-0.4, -0.2) is 17.9 Å². The fraction of sp³-hybridized carbons (Fsp3) is 0.158. The first-order valence-electron chi connectivity index (χ1n) is 7.46. The van der Waals surface area contributed by atoms with E-state index in [9.17, 15) is 9.59 Å². The predicted octanol–water partition coefficient (Wildman–Crippen LogP) is 5.29. The Morgan fingerprint density at radius 3 is 2.42 bits per heavy atom. The summed E-state index contributed by atoms with van der Waals surface area (Å²) >= 11 is 7.54. The number of fused-ring (bicyclic) bond motifs is 1. The molecule has 0 saturated carbocycles. The molecule has 1 heterocycles. The number of hydrogen-bond donors (Lipinski definition) is 0. The molecule has 24 heavy (non-hydrogen) atoms. The molecule has 5 heteroatoms. The highest BCUT2D eigenvalue weighted by molar-refractivity contribution is 7.21. The summed E-state index contributed by atoms with van der Waals surface area (Å²) in [5.41, 5.74) is 1.58. The molecule has 0 saturated heterocycles. The molecule has 0 bridgehead atoms. The van der Waals surface area contributed by atoms with Gasteiger partial charge in [0, 0.05) is 15.6 Å². The largest absolute Gasteiger partial charge is 0.450 e. The van der Waals surface area contributed by atoms with Gasteiger partial charge in [0.2, 0.25) is 5.78 Å². The molecule has 0 amide bonds. The van der Waals surface area contributed by atoms with E-state index in [1.54, 1.807) is 19.1 Å². The van der Waals surface area contributed by atoms with E-state index >= 15 is 0 Å². The number of Topliss-reactive ketones (excluding diaryl/α,β-unsaturated/α-hetero) is 1. The van der Waals surface area contributed by atoms with Crippen LogP contribution in [0.3, 0.4) is 0 Å². The number of benzene rings is 2. The average Bonchev–Trinajstić information content (AvgIpc) is 2.92. The minimum absolute atomic E-state index is 0.236. The Balaban J connectivity index is 1.79. The number of ether oxygens (including phenoxy) is 1. The molecular weight excluding hydrogens is 344 g/mol. The highest BCUT2D eigenvalue weighted by Gasteiger charge is 2.24. The van der Waals surface area contributed by atoms with Gasteiger partial charge in [-0.1, -0.05) is 59.6 Å². The molecule has 2 aromatic carbocycles. The standard InChI is InChI=1S/C19H15ClO3S/c1-11-7-9-13(10-8-11)17(21)12(2)23-19(22)18-16(20)14-5-3-4-6-15(14)24-18/h3-10,12H,1-2H3. The zero-order valence-corrected chi connectivity index (χ0v) is 14.8. The lowest BCUT2D eigenvalue weighted by Crippen LogP contribution is -2.24. The second kappa shape index (κ2) is 6.75. The molecule has 0 spiro atoms. The molecule has 1 atom stereocenters. The molecule has 122 valence electrons. The number of rotatable bonds is 4. The van der Waals surface area contributed by atoms with Crippen LogP contribution in [0.5, 0.6) is 0 Å². The smallest absolute Gasteiger partial charge is 0.350 e. The van der Waals surface area contributed by atoms with Gasteiger partial charge < -0.3 is 4.74 Å². The minimum Gasteiger partial charge on any atom is -0.450 e. The molecule has 3 nitrogen and oxygen atoms in total. The van der Waals surface area contributed by atoms with Gasteiger partial charge in [-0.3, -0.25) is 4.79 Å². The quantitative estimate of drug-likeness (QED) is 0.470. The maximum atomic E-state index is 12.4. The van der Waals surface area contributed by atoms with Gasteiger partial charge in [-0.25, -0.2) is 4.79 Å². The van der Waals surface area contributed by atoms with E-state index in [1.165, 1.54) is 11.3 Å².